The van der Waals surface area contributed by atoms with Crippen LogP contribution in [-0.4, -0.2) is 54.4 Å². The number of carbonyl (C=O) groups excluding carboxylic acids is 2. The summed E-state index contributed by atoms with van der Waals surface area (Å²) >= 11 is 0. The first kappa shape index (κ1) is 21.0. The van der Waals surface area contributed by atoms with E-state index in [1.165, 1.54) is 18.4 Å². The number of ether oxygens (including phenoxy) is 1. The van der Waals surface area contributed by atoms with Crippen LogP contribution in [-0.2, 0) is 16.0 Å². The lowest BCUT2D eigenvalue weighted by molar-refractivity contribution is -0.141. The number of carbonyl (C=O) groups is 2. The molecule has 2 atom stereocenters. The van der Waals surface area contributed by atoms with Crippen molar-refractivity contribution in [2.45, 2.75) is 63.8 Å². The molecule has 0 N–H and O–H groups in total. The van der Waals surface area contributed by atoms with Gasteiger partial charge in [0.15, 0.2) is 0 Å². The van der Waals surface area contributed by atoms with Crippen LogP contribution in [0.2, 0.25) is 0 Å². The molecule has 0 bridgehead atoms. The predicted octanol–water partition coefficient (Wildman–Crippen LogP) is 3.97. The Balaban J connectivity index is 1.36. The van der Waals surface area contributed by atoms with Crippen molar-refractivity contribution in [2.75, 3.05) is 26.7 Å². The first-order chi connectivity index (χ1) is 14.7. The molecule has 0 unspecified atom stereocenters. The zero-order valence-electron chi connectivity index (χ0n) is 18.1. The van der Waals surface area contributed by atoms with E-state index in [4.69, 9.17) is 4.74 Å². The SMILES string of the molecule is COc1ccccc1CC(=O)N1CC[C@@H]2[C@H](CCCN2C(=O)CC2=CCCCC2)C1. The van der Waals surface area contributed by atoms with Crippen LogP contribution in [0.5, 0.6) is 5.75 Å². The van der Waals surface area contributed by atoms with Crippen molar-refractivity contribution in [2.24, 2.45) is 5.92 Å². The lowest BCUT2D eigenvalue weighted by Crippen LogP contribution is -2.56. The second kappa shape index (κ2) is 9.67. The molecule has 0 radical (unpaired) electrons. The Hall–Kier alpha value is -2.30. The van der Waals surface area contributed by atoms with Crippen LogP contribution in [0.4, 0.5) is 0 Å². The number of allylic oxidation sites excluding steroid dienone is 1. The standard InChI is InChI=1S/C25H34N2O3/c1-30-23-12-6-5-10-20(23)17-24(28)26-15-13-22-21(18-26)11-7-14-27(22)25(29)16-19-8-3-2-4-9-19/h5-6,8,10,12,21-22H,2-4,7,9,11,13-18H2,1H3/t21-,22-/m1/s1. The predicted molar refractivity (Wildman–Crippen MR) is 117 cm³/mol. The fourth-order valence-corrected chi connectivity index (χ4v) is 5.42. The maximum absolute atomic E-state index is 13.0. The lowest BCUT2D eigenvalue weighted by atomic mass is 9.83. The molecule has 1 aliphatic carbocycles. The molecule has 0 aromatic heterocycles. The maximum Gasteiger partial charge on any atom is 0.227 e. The van der Waals surface area contributed by atoms with Gasteiger partial charge in [-0.3, -0.25) is 9.59 Å². The summed E-state index contributed by atoms with van der Waals surface area (Å²) in [5.41, 5.74) is 2.27. The van der Waals surface area contributed by atoms with Gasteiger partial charge in [0.05, 0.1) is 13.5 Å². The minimum absolute atomic E-state index is 0.161. The number of benzene rings is 1. The molecule has 0 spiro atoms. The number of nitrogens with zero attached hydrogens (tertiary/aromatic N) is 2. The van der Waals surface area contributed by atoms with E-state index in [-0.39, 0.29) is 5.91 Å². The van der Waals surface area contributed by atoms with Crippen molar-refractivity contribution in [3.8, 4) is 5.75 Å². The van der Waals surface area contributed by atoms with Crippen molar-refractivity contribution in [3.05, 3.63) is 41.5 Å². The third kappa shape index (κ3) is 4.71. The molecule has 0 saturated carbocycles. The van der Waals surface area contributed by atoms with E-state index in [0.717, 1.165) is 63.1 Å². The highest BCUT2D eigenvalue weighted by atomic mass is 16.5. The molecule has 2 aliphatic heterocycles. The molecular formula is C25H34N2O3. The van der Waals surface area contributed by atoms with E-state index in [2.05, 4.69) is 11.0 Å². The van der Waals surface area contributed by atoms with Crippen LogP contribution in [0.25, 0.3) is 0 Å². The zero-order valence-corrected chi connectivity index (χ0v) is 18.1. The second-order valence-electron chi connectivity index (χ2n) is 8.96. The van der Waals surface area contributed by atoms with Gasteiger partial charge in [-0.1, -0.05) is 29.8 Å². The highest BCUT2D eigenvalue weighted by Gasteiger charge is 2.39. The van der Waals surface area contributed by atoms with Gasteiger partial charge in [-0.15, -0.1) is 0 Å². The molecule has 2 amide bonds. The summed E-state index contributed by atoms with van der Waals surface area (Å²) in [5, 5.41) is 0. The number of rotatable bonds is 5. The van der Waals surface area contributed by atoms with Gasteiger partial charge >= 0.3 is 0 Å². The normalized spacial score (nSPS) is 24.1. The van der Waals surface area contributed by atoms with Gasteiger partial charge in [0, 0.05) is 37.7 Å². The largest absolute Gasteiger partial charge is 0.496 e. The Morgan fingerprint density at radius 3 is 2.70 bits per heavy atom. The fraction of sp³-hybridized carbons (Fsp3) is 0.600. The first-order valence-electron chi connectivity index (χ1n) is 11.5. The molecule has 5 heteroatoms. The zero-order chi connectivity index (χ0) is 20.9. The molecule has 1 aromatic carbocycles. The van der Waals surface area contributed by atoms with E-state index in [1.54, 1.807) is 7.11 Å². The quantitative estimate of drug-likeness (QED) is 0.690. The number of piperidine rings is 2. The van der Waals surface area contributed by atoms with Gasteiger partial charge in [-0.05, 0) is 56.9 Å². The summed E-state index contributed by atoms with van der Waals surface area (Å²) in [4.78, 5) is 30.2. The second-order valence-corrected chi connectivity index (χ2v) is 8.96. The van der Waals surface area contributed by atoms with Crippen molar-refractivity contribution < 1.29 is 14.3 Å². The van der Waals surface area contributed by atoms with E-state index in [9.17, 15) is 9.59 Å². The van der Waals surface area contributed by atoms with Crippen LogP contribution >= 0.6 is 0 Å². The number of para-hydroxylation sites is 1. The lowest BCUT2D eigenvalue weighted by Gasteiger charge is -2.47. The Morgan fingerprint density at radius 2 is 1.90 bits per heavy atom. The first-order valence-corrected chi connectivity index (χ1v) is 11.5. The number of hydrogen-bond donors (Lipinski definition) is 0. The van der Waals surface area contributed by atoms with E-state index in [0.29, 0.717) is 30.7 Å². The highest BCUT2D eigenvalue weighted by Crippen LogP contribution is 2.32. The minimum atomic E-state index is 0.161. The number of likely N-dealkylation sites (tertiary alicyclic amines) is 2. The van der Waals surface area contributed by atoms with Gasteiger partial charge in [0.1, 0.15) is 5.75 Å². The van der Waals surface area contributed by atoms with Crippen molar-refractivity contribution in [1.29, 1.82) is 0 Å². The summed E-state index contributed by atoms with van der Waals surface area (Å²) in [6.07, 6.45) is 11.0. The van der Waals surface area contributed by atoms with Crippen LogP contribution < -0.4 is 4.74 Å². The molecular weight excluding hydrogens is 376 g/mol. The van der Waals surface area contributed by atoms with Crippen molar-refractivity contribution in [1.82, 2.24) is 9.80 Å². The topological polar surface area (TPSA) is 49.9 Å². The van der Waals surface area contributed by atoms with Gasteiger partial charge in [0.2, 0.25) is 11.8 Å². The summed E-state index contributed by atoms with van der Waals surface area (Å²) in [7, 11) is 1.64. The Bertz CT molecular complexity index is 803. The number of fused-ring (bicyclic) bond motifs is 1. The summed E-state index contributed by atoms with van der Waals surface area (Å²) < 4.78 is 5.40. The third-order valence-electron chi connectivity index (χ3n) is 7.04. The smallest absolute Gasteiger partial charge is 0.227 e. The van der Waals surface area contributed by atoms with E-state index >= 15 is 0 Å². The molecule has 3 aliphatic rings. The average Bonchev–Trinajstić information content (AvgIpc) is 2.79. The molecule has 2 saturated heterocycles. The molecule has 30 heavy (non-hydrogen) atoms. The minimum Gasteiger partial charge on any atom is -0.496 e. The fourth-order valence-electron chi connectivity index (χ4n) is 5.42. The van der Waals surface area contributed by atoms with Gasteiger partial charge in [0.25, 0.3) is 0 Å². The highest BCUT2D eigenvalue weighted by molar-refractivity contribution is 5.80. The molecule has 1 aromatic rings. The summed E-state index contributed by atoms with van der Waals surface area (Å²) in [6.45, 7) is 2.38. The van der Waals surface area contributed by atoms with E-state index in [1.807, 2.05) is 29.2 Å². The van der Waals surface area contributed by atoms with Gasteiger partial charge in [-0.2, -0.15) is 0 Å². The van der Waals surface area contributed by atoms with Crippen molar-refractivity contribution in [3.63, 3.8) is 0 Å². The number of hydrogen-bond acceptors (Lipinski definition) is 3. The number of methoxy groups -OCH3 is 1. The van der Waals surface area contributed by atoms with Crippen LogP contribution in [0.3, 0.4) is 0 Å². The monoisotopic (exact) mass is 410 g/mol. The Kier molecular flexibility index (Phi) is 6.76. The van der Waals surface area contributed by atoms with Gasteiger partial charge < -0.3 is 14.5 Å². The van der Waals surface area contributed by atoms with Crippen LogP contribution in [0.15, 0.2) is 35.9 Å². The summed E-state index contributed by atoms with van der Waals surface area (Å²) in [6, 6.07) is 8.04. The number of amides is 2. The van der Waals surface area contributed by atoms with Gasteiger partial charge in [-0.25, -0.2) is 0 Å². The molecule has 162 valence electrons. The molecule has 5 nitrogen and oxygen atoms in total. The third-order valence-corrected chi connectivity index (χ3v) is 7.04. The molecule has 2 fully saturated rings. The van der Waals surface area contributed by atoms with Crippen LogP contribution in [0.1, 0.15) is 56.9 Å². The summed E-state index contributed by atoms with van der Waals surface area (Å²) in [5.74, 6) is 1.63. The van der Waals surface area contributed by atoms with Crippen molar-refractivity contribution >= 4 is 11.8 Å². The van der Waals surface area contributed by atoms with Crippen LogP contribution in [0, 0.1) is 5.92 Å². The maximum atomic E-state index is 13.0. The molecule has 2 heterocycles. The van der Waals surface area contributed by atoms with E-state index < -0.39 is 0 Å². The molecule has 4 rings (SSSR count). The average molecular weight is 411 g/mol. The Labute approximate surface area is 180 Å². The Morgan fingerprint density at radius 1 is 1.03 bits per heavy atom.